The van der Waals surface area contributed by atoms with E-state index in [4.69, 9.17) is 9.72 Å². The van der Waals surface area contributed by atoms with Crippen LogP contribution in [-0.2, 0) is 17.6 Å². The van der Waals surface area contributed by atoms with E-state index in [0.717, 1.165) is 51.0 Å². The lowest BCUT2D eigenvalue weighted by Crippen LogP contribution is -2.37. The number of hydrogen-bond acceptors (Lipinski definition) is 4. The molecule has 1 aromatic rings. The standard InChI is InChI=1S/C13H19N3O/c1-10-2-3-12-11(8-10)9-14-13(15-12)16-4-6-17-7-5-16/h9-10H,2-8H2,1H3. The van der Waals surface area contributed by atoms with Crippen LogP contribution in [0, 0.1) is 5.92 Å². The predicted octanol–water partition coefficient (Wildman–Crippen LogP) is 1.44. The third-order valence-corrected chi connectivity index (χ3v) is 3.68. The lowest BCUT2D eigenvalue weighted by atomic mass is 9.89. The minimum absolute atomic E-state index is 0.778. The van der Waals surface area contributed by atoms with Crippen LogP contribution in [0.15, 0.2) is 6.20 Å². The van der Waals surface area contributed by atoms with Crippen molar-refractivity contribution >= 4 is 5.95 Å². The van der Waals surface area contributed by atoms with E-state index in [1.807, 2.05) is 6.20 Å². The third kappa shape index (κ3) is 2.27. The summed E-state index contributed by atoms with van der Waals surface area (Å²) < 4.78 is 5.35. The second kappa shape index (κ2) is 4.61. The Morgan fingerprint density at radius 1 is 1.35 bits per heavy atom. The molecule has 4 nitrogen and oxygen atoms in total. The molecule has 1 aliphatic heterocycles. The predicted molar refractivity (Wildman–Crippen MR) is 66.3 cm³/mol. The van der Waals surface area contributed by atoms with Gasteiger partial charge in [0.05, 0.1) is 13.2 Å². The maximum atomic E-state index is 5.35. The van der Waals surface area contributed by atoms with Crippen LogP contribution >= 0.6 is 0 Å². The summed E-state index contributed by atoms with van der Waals surface area (Å²) in [7, 11) is 0. The van der Waals surface area contributed by atoms with Gasteiger partial charge in [-0.3, -0.25) is 0 Å². The average molecular weight is 233 g/mol. The summed E-state index contributed by atoms with van der Waals surface area (Å²) in [5.41, 5.74) is 2.61. The van der Waals surface area contributed by atoms with Crippen molar-refractivity contribution in [2.45, 2.75) is 26.2 Å². The van der Waals surface area contributed by atoms with Crippen molar-refractivity contribution in [1.82, 2.24) is 9.97 Å². The Kier molecular flexibility index (Phi) is 2.97. The Hall–Kier alpha value is -1.16. The molecule has 0 bridgehead atoms. The van der Waals surface area contributed by atoms with E-state index in [1.165, 1.54) is 17.7 Å². The van der Waals surface area contributed by atoms with Crippen molar-refractivity contribution in [3.8, 4) is 0 Å². The van der Waals surface area contributed by atoms with E-state index in [2.05, 4.69) is 16.8 Å². The zero-order chi connectivity index (χ0) is 11.7. The molecule has 17 heavy (non-hydrogen) atoms. The first-order valence-electron chi connectivity index (χ1n) is 6.50. The molecule has 1 aliphatic carbocycles. The molecule has 0 aromatic carbocycles. The van der Waals surface area contributed by atoms with E-state index in [-0.39, 0.29) is 0 Å². The van der Waals surface area contributed by atoms with Crippen LogP contribution in [0.2, 0.25) is 0 Å². The van der Waals surface area contributed by atoms with Crippen molar-refractivity contribution in [2.75, 3.05) is 31.2 Å². The van der Waals surface area contributed by atoms with Gasteiger partial charge in [0.1, 0.15) is 0 Å². The molecule has 92 valence electrons. The minimum Gasteiger partial charge on any atom is -0.378 e. The highest BCUT2D eigenvalue weighted by Crippen LogP contribution is 2.24. The number of hydrogen-bond donors (Lipinski definition) is 0. The van der Waals surface area contributed by atoms with Crippen molar-refractivity contribution < 1.29 is 4.74 Å². The molecule has 1 unspecified atom stereocenters. The van der Waals surface area contributed by atoms with Crippen molar-refractivity contribution in [2.24, 2.45) is 5.92 Å². The fourth-order valence-corrected chi connectivity index (χ4v) is 2.59. The normalized spacial score (nSPS) is 24.5. The maximum Gasteiger partial charge on any atom is 0.225 e. The lowest BCUT2D eigenvalue weighted by Gasteiger charge is -2.28. The molecule has 4 heteroatoms. The quantitative estimate of drug-likeness (QED) is 0.735. The van der Waals surface area contributed by atoms with Crippen LogP contribution in [0.4, 0.5) is 5.95 Å². The molecule has 2 aliphatic rings. The number of anilines is 1. The third-order valence-electron chi connectivity index (χ3n) is 3.68. The van der Waals surface area contributed by atoms with Crippen LogP contribution in [0.25, 0.3) is 0 Å². The molecule has 0 spiro atoms. The largest absolute Gasteiger partial charge is 0.378 e. The summed E-state index contributed by atoms with van der Waals surface area (Å²) in [6.45, 7) is 5.71. The highest BCUT2D eigenvalue weighted by atomic mass is 16.5. The molecule has 0 N–H and O–H groups in total. The number of rotatable bonds is 1. The van der Waals surface area contributed by atoms with Gasteiger partial charge in [-0.25, -0.2) is 9.97 Å². The zero-order valence-corrected chi connectivity index (χ0v) is 10.4. The number of nitrogens with zero attached hydrogens (tertiary/aromatic N) is 3. The Morgan fingerprint density at radius 2 is 2.18 bits per heavy atom. The van der Waals surface area contributed by atoms with Crippen LogP contribution in [0.5, 0.6) is 0 Å². The van der Waals surface area contributed by atoms with Gasteiger partial charge in [-0.05, 0) is 30.7 Å². The fourth-order valence-electron chi connectivity index (χ4n) is 2.59. The summed E-state index contributed by atoms with van der Waals surface area (Å²) >= 11 is 0. The molecule has 1 saturated heterocycles. The topological polar surface area (TPSA) is 38.2 Å². The van der Waals surface area contributed by atoms with Crippen LogP contribution in [0.1, 0.15) is 24.6 Å². The monoisotopic (exact) mass is 233 g/mol. The fraction of sp³-hybridized carbons (Fsp3) is 0.692. The first kappa shape index (κ1) is 11.0. The minimum atomic E-state index is 0.778. The maximum absolute atomic E-state index is 5.35. The van der Waals surface area contributed by atoms with Crippen LogP contribution < -0.4 is 4.90 Å². The van der Waals surface area contributed by atoms with Crippen molar-refractivity contribution in [3.63, 3.8) is 0 Å². The second-order valence-electron chi connectivity index (χ2n) is 5.09. The molecule has 2 heterocycles. The summed E-state index contributed by atoms with van der Waals surface area (Å²) in [4.78, 5) is 11.5. The van der Waals surface area contributed by atoms with Gasteiger partial charge in [-0.15, -0.1) is 0 Å². The number of aromatic nitrogens is 2. The van der Waals surface area contributed by atoms with E-state index in [1.54, 1.807) is 0 Å². The number of morpholine rings is 1. The molecule has 3 rings (SSSR count). The molecule has 1 fully saturated rings. The molecular formula is C13H19N3O. The Balaban J connectivity index is 1.82. The summed E-state index contributed by atoms with van der Waals surface area (Å²) in [6.07, 6.45) is 5.53. The lowest BCUT2D eigenvalue weighted by molar-refractivity contribution is 0.122. The molecule has 0 amide bonds. The Labute approximate surface area is 102 Å². The first-order valence-corrected chi connectivity index (χ1v) is 6.50. The number of aryl methyl sites for hydroxylation is 1. The SMILES string of the molecule is CC1CCc2nc(N3CCOCC3)ncc2C1. The van der Waals surface area contributed by atoms with Gasteiger partial charge in [0.15, 0.2) is 0 Å². The zero-order valence-electron chi connectivity index (χ0n) is 10.4. The number of fused-ring (bicyclic) bond motifs is 1. The highest BCUT2D eigenvalue weighted by molar-refractivity contribution is 5.34. The van der Waals surface area contributed by atoms with Gasteiger partial charge in [-0.1, -0.05) is 6.92 Å². The second-order valence-corrected chi connectivity index (χ2v) is 5.09. The van der Waals surface area contributed by atoms with Gasteiger partial charge in [0.25, 0.3) is 0 Å². The first-order chi connectivity index (χ1) is 8.33. The molecule has 0 radical (unpaired) electrons. The number of ether oxygens (including phenoxy) is 1. The Morgan fingerprint density at radius 3 is 3.00 bits per heavy atom. The van der Waals surface area contributed by atoms with Crippen LogP contribution in [0.3, 0.4) is 0 Å². The Bertz CT molecular complexity index is 402. The van der Waals surface area contributed by atoms with Crippen molar-refractivity contribution in [1.29, 1.82) is 0 Å². The van der Waals surface area contributed by atoms with Crippen LogP contribution in [-0.4, -0.2) is 36.3 Å². The van der Waals surface area contributed by atoms with E-state index in [9.17, 15) is 0 Å². The van der Waals surface area contributed by atoms with Gasteiger partial charge in [0.2, 0.25) is 5.95 Å². The van der Waals surface area contributed by atoms with Gasteiger partial charge in [0, 0.05) is 25.0 Å². The molecule has 1 atom stereocenters. The molecular weight excluding hydrogens is 214 g/mol. The van der Waals surface area contributed by atoms with E-state index >= 15 is 0 Å². The summed E-state index contributed by atoms with van der Waals surface area (Å²) in [5.74, 6) is 1.67. The van der Waals surface area contributed by atoms with E-state index < -0.39 is 0 Å². The molecule has 0 saturated carbocycles. The highest BCUT2D eigenvalue weighted by Gasteiger charge is 2.20. The smallest absolute Gasteiger partial charge is 0.225 e. The summed E-state index contributed by atoms with van der Waals surface area (Å²) in [6, 6.07) is 0. The van der Waals surface area contributed by atoms with E-state index in [0.29, 0.717) is 0 Å². The van der Waals surface area contributed by atoms with Crippen molar-refractivity contribution in [3.05, 3.63) is 17.5 Å². The van der Waals surface area contributed by atoms with Gasteiger partial charge in [-0.2, -0.15) is 0 Å². The molecule has 1 aromatic heterocycles. The average Bonchev–Trinajstić information content (AvgIpc) is 2.39. The van der Waals surface area contributed by atoms with Gasteiger partial charge >= 0.3 is 0 Å². The summed E-state index contributed by atoms with van der Waals surface area (Å²) in [5, 5.41) is 0. The van der Waals surface area contributed by atoms with Gasteiger partial charge < -0.3 is 9.64 Å².